The first-order valence-corrected chi connectivity index (χ1v) is 2.22. The Balaban J connectivity index is 0. The van der Waals surface area contributed by atoms with E-state index in [1.807, 2.05) is 0 Å². The van der Waals surface area contributed by atoms with Gasteiger partial charge in [-0.3, -0.25) is 0 Å². The molecule has 0 spiro atoms. The van der Waals surface area contributed by atoms with Crippen LogP contribution in [0.4, 0.5) is 0 Å². The van der Waals surface area contributed by atoms with Gasteiger partial charge < -0.3 is 0 Å². The maximum atomic E-state index is 6.20. The van der Waals surface area contributed by atoms with Crippen LogP contribution in [-0.4, -0.2) is 0 Å². The van der Waals surface area contributed by atoms with Crippen molar-refractivity contribution in [3.63, 3.8) is 0 Å². The molecule has 0 aliphatic rings. The summed E-state index contributed by atoms with van der Waals surface area (Å²) in [7, 11) is -1.37. The van der Waals surface area contributed by atoms with Crippen molar-refractivity contribution >= 4 is 8.01 Å². The zero-order valence-corrected chi connectivity index (χ0v) is 7.09. The van der Waals surface area contributed by atoms with Gasteiger partial charge in [-0.1, -0.05) is 5.16 Å². The molecule has 0 aromatic heterocycles. The summed E-state index contributed by atoms with van der Waals surface area (Å²) in [4.78, 5) is 0. The van der Waals surface area contributed by atoms with E-state index in [0.29, 0.717) is 0 Å². The molecule has 3 nitrogen and oxygen atoms in total. The van der Waals surface area contributed by atoms with Crippen LogP contribution in [-0.2, 0) is 25.8 Å². The molecule has 0 aromatic rings. The van der Waals surface area contributed by atoms with E-state index in [0.717, 1.165) is 0 Å². The quantitative estimate of drug-likeness (QED) is 0.421. The van der Waals surface area contributed by atoms with Gasteiger partial charge >= 0.3 is 8.01 Å². The van der Waals surface area contributed by atoms with Gasteiger partial charge in [0.1, 0.15) is 0 Å². The van der Waals surface area contributed by atoms with Gasteiger partial charge in [0.2, 0.25) is 0 Å². The number of nitrogens with one attached hydrogen (secondary N) is 1. The van der Waals surface area contributed by atoms with Crippen LogP contribution in [0.25, 0.3) is 0 Å². The van der Waals surface area contributed by atoms with Crippen molar-refractivity contribution in [1.82, 2.24) is 0 Å². The fourth-order valence-electron chi connectivity index (χ4n) is 0. The van der Waals surface area contributed by atoms with Crippen LogP contribution >= 0.6 is 8.01 Å². The molecule has 0 saturated carbocycles. The van der Waals surface area contributed by atoms with Crippen LogP contribution in [0.5, 0.6) is 0 Å². The molecule has 0 aromatic carbocycles. The van der Waals surface area contributed by atoms with E-state index in [2.05, 4.69) is 11.0 Å². The molecule has 0 aliphatic heterocycles. The Morgan fingerprint density at radius 1 is 1.40 bits per heavy atom. The topological polar surface area (TPSA) is 75.9 Å². The molecule has 28 valence electrons. The fraction of sp³-hybridized carbons (Fsp3) is 0. The van der Waals surface area contributed by atoms with Gasteiger partial charge in [0.15, 0.2) is 0 Å². The molecule has 0 fully saturated rings. The second-order valence-electron chi connectivity index (χ2n) is 0.407. The minimum absolute atomic E-state index is 0. The standard InChI is InChI=1S/Hf.H5N3P/c;1-4(2)3/h;(H5,1,2,3)/q;+1. The van der Waals surface area contributed by atoms with E-state index < -0.39 is 8.01 Å². The van der Waals surface area contributed by atoms with Gasteiger partial charge in [-0.15, -0.1) is 11.0 Å². The Kier molecular flexibility index (Phi) is 9.10. The number of hydrogen-bond donors (Lipinski definition) is 3. The van der Waals surface area contributed by atoms with Crippen molar-refractivity contribution in [3.05, 3.63) is 0 Å². The molecule has 5 N–H and O–H groups in total. The number of rotatable bonds is 0. The minimum atomic E-state index is -1.37. The van der Waals surface area contributed by atoms with Crippen molar-refractivity contribution < 1.29 is 25.8 Å². The Bertz CT molecular complexity index is 29.9. The van der Waals surface area contributed by atoms with Crippen LogP contribution < -0.4 is 11.0 Å². The van der Waals surface area contributed by atoms with E-state index in [4.69, 9.17) is 5.16 Å². The third kappa shape index (κ3) is 51.6. The summed E-state index contributed by atoms with van der Waals surface area (Å²) in [6.07, 6.45) is 0. The maximum absolute atomic E-state index is 6.20. The summed E-state index contributed by atoms with van der Waals surface area (Å²) < 4.78 is 0. The van der Waals surface area contributed by atoms with Crippen LogP contribution in [0.3, 0.4) is 0 Å². The monoisotopic (exact) mass is 258 g/mol. The van der Waals surface area contributed by atoms with Crippen molar-refractivity contribution in [3.8, 4) is 0 Å². The summed E-state index contributed by atoms with van der Waals surface area (Å²) in [6, 6.07) is 0. The van der Waals surface area contributed by atoms with Gasteiger partial charge in [0, 0.05) is 25.8 Å². The molecular weight excluding hydrogens is 251 g/mol. The third-order valence-electron chi connectivity index (χ3n) is 0. The molecule has 0 aliphatic carbocycles. The van der Waals surface area contributed by atoms with Gasteiger partial charge in [0.05, 0.1) is 0 Å². The average Bonchev–Trinajstić information content (AvgIpc) is 0.811. The molecule has 0 bridgehead atoms. The Labute approximate surface area is 50.3 Å². The summed E-state index contributed by atoms with van der Waals surface area (Å²) in [5, 5.41) is 6.20. The van der Waals surface area contributed by atoms with Crippen molar-refractivity contribution in [2.45, 2.75) is 0 Å². The SMILES string of the molecule is N=[P+](N)N.[Hf]. The van der Waals surface area contributed by atoms with Crippen LogP contribution in [0.2, 0.25) is 0 Å². The Morgan fingerprint density at radius 3 is 1.40 bits per heavy atom. The first-order chi connectivity index (χ1) is 1.73. The van der Waals surface area contributed by atoms with E-state index in [9.17, 15) is 0 Å². The molecular formula is H5HfN3P+. The first kappa shape index (κ1) is 9.31. The van der Waals surface area contributed by atoms with Crippen molar-refractivity contribution in [2.24, 2.45) is 11.0 Å². The van der Waals surface area contributed by atoms with Crippen LogP contribution in [0.1, 0.15) is 0 Å². The summed E-state index contributed by atoms with van der Waals surface area (Å²) in [5.74, 6) is 0. The van der Waals surface area contributed by atoms with Crippen molar-refractivity contribution in [1.29, 1.82) is 5.16 Å². The summed E-state index contributed by atoms with van der Waals surface area (Å²) >= 11 is 0. The largest absolute Gasteiger partial charge is 0.384 e. The van der Waals surface area contributed by atoms with Gasteiger partial charge in [-0.25, -0.2) is 0 Å². The van der Waals surface area contributed by atoms with Gasteiger partial charge in [-0.05, 0) is 0 Å². The summed E-state index contributed by atoms with van der Waals surface area (Å²) in [5.41, 5.74) is 9.24. The second-order valence-corrected chi connectivity index (χ2v) is 1.22. The van der Waals surface area contributed by atoms with Gasteiger partial charge in [-0.2, -0.15) is 0 Å². The number of nitrogens with two attached hydrogens (primary N) is 2. The second kappa shape index (κ2) is 4.89. The summed E-state index contributed by atoms with van der Waals surface area (Å²) in [6.45, 7) is 0. The smallest absolute Gasteiger partial charge is 0.121 e. The van der Waals surface area contributed by atoms with Crippen molar-refractivity contribution in [2.75, 3.05) is 0 Å². The Hall–Kier alpha value is 0.890. The zero-order valence-electron chi connectivity index (χ0n) is 2.60. The van der Waals surface area contributed by atoms with E-state index in [1.54, 1.807) is 0 Å². The average molecular weight is 257 g/mol. The van der Waals surface area contributed by atoms with Gasteiger partial charge in [0.25, 0.3) is 0 Å². The molecule has 0 heterocycles. The van der Waals surface area contributed by atoms with E-state index in [1.165, 1.54) is 0 Å². The van der Waals surface area contributed by atoms with E-state index in [-0.39, 0.29) is 25.8 Å². The number of hydrogen-bond acceptors (Lipinski definition) is 1. The maximum Gasteiger partial charge on any atom is 0.384 e. The molecule has 0 saturated heterocycles. The molecule has 0 amide bonds. The van der Waals surface area contributed by atoms with Crippen LogP contribution in [0, 0.1) is 5.16 Å². The first-order valence-electron chi connectivity index (χ1n) is 0.740. The molecule has 5 heteroatoms. The van der Waals surface area contributed by atoms with E-state index >= 15 is 0 Å². The molecule has 0 unspecified atom stereocenters. The normalized spacial score (nSPS) is 5.20. The molecule has 0 rings (SSSR count). The predicted molar refractivity (Wildman–Crippen MR) is 18.0 cm³/mol. The molecule has 5 heavy (non-hydrogen) atoms. The predicted octanol–water partition coefficient (Wildman–Crippen LogP) is -0.0244. The fourth-order valence-corrected chi connectivity index (χ4v) is 0. The minimum Gasteiger partial charge on any atom is -0.121 e. The molecule has 0 atom stereocenters. The third-order valence-corrected chi connectivity index (χ3v) is 0. The molecule has 0 radical (unpaired) electrons. The Morgan fingerprint density at radius 2 is 1.40 bits per heavy atom. The zero-order chi connectivity index (χ0) is 3.58. The van der Waals surface area contributed by atoms with Crippen LogP contribution in [0.15, 0.2) is 0 Å².